The summed E-state index contributed by atoms with van der Waals surface area (Å²) in [7, 11) is 0. The molecule has 1 aliphatic heterocycles. The molecule has 0 aromatic carbocycles. The topological polar surface area (TPSA) is 88.1 Å². The van der Waals surface area contributed by atoms with Crippen LogP contribution in [0, 0.1) is 0 Å². The van der Waals surface area contributed by atoms with Crippen LogP contribution in [0.3, 0.4) is 0 Å². The predicted octanol–water partition coefficient (Wildman–Crippen LogP) is 0.0585. The number of nitrogens with one attached hydrogen (secondary N) is 1. The van der Waals surface area contributed by atoms with Crippen molar-refractivity contribution in [1.29, 1.82) is 0 Å². The molecule has 3 rings (SSSR count). The Hall–Kier alpha value is -2.35. The number of amides is 2. The van der Waals surface area contributed by atoms with Gasteiger partial charge < -0.3 is 10.2 Å². The van der Waals surface area contributed by atoms with Gasteiger partial charge >= 0.3 is 11.8 Å². The largest absolute Gasteiger partial charge is 0.346 e. The summed E-state index contributed by atoms with van der Waals surface area (Å²) in [6.45, 7) is 1.24. The summed E-state index contributed by atoms with van der Waals surface area (Å²) in [5.74, 6) is -1.09. The van der Waals surface area contributed by atoms with E-state index in [9.17, 15) is 9.59 Å². The molecule has 0 radical (unpaired) electrons. The van der Waals surface area contributed by atoms with Gasteiger partial charge in [0.1, 0.15) is 10.7 Å². The number of hydrogen-bond donors (Lipinski definition) is 1. The van der Waals surface area contributed by atoms with Crippen LogP contribution in [0.15, 0.2) is 23.7 Å². The summed E-state index contributed by atoms with van der Waals surface area (Å²) < 4.78 is 0. The Morgan fingerprint density at radius 1 is 1.30 bits per heavy atom. The molecule has 1 aliphatic rings. The van der Waals surface area contributed by atoms with Gasteiger partial charge in [-0.2, -0.15) is 5.10 Å². The molecule has 2 aromatic heterocycles. The highest BCUT2D eigenvalue weighted by atomic mass is 32.1. The minimum Gasteiger partial charge on any atom is -0.346 e. The van der Waals surface area contributed by atoms with Gasteiger partial charge in [-0.25, -0.2) is 4.98 Å². The first-order valence-electron chi connectivity index (χ1n) is 6.03. The number of piperazine rings is 1. The van der Waals surface area contributed by atoms with Crippen LogP contribution < -0.4 is 5.32 Å². The van der Waals surface area contributed by atoms with E-state index in [1.165, 1.54) is 16.2 Å². The second kappa shape index (κ2) is 5.33. The minimum absolute atomic E-state index is 0.289. The molecule has 8 heteroatoms. The van der Waals surface area contributed by atoms with Crippen molar-refractivity contribution in [2.75, 3.05) is 13.1 Å². The van der Waals surface area contributed by atoms with Crippen LogP contribution in [-0.2, 0) is 16.1 Å². The van der Waals surface area contributed by atoms with Crippen LogP contribution in [0.2, 0.25) is 0 Å². The fraction of sp³-hybridized carbons (Fsp3) is 0.250. The number of aromatic nitrogens is 3. The smallest absolute Gasteiger partial charge is 0.312 e. The molecule has 0 saturated carbocycles. The first kappa shape index (κ1) is 12.7. The van der Waals surface area contributed by atoms with Crippen molar-refractivity contribution in [3.05, 3.63) is 29.4 Å². The monoisotopic (exact) mass is 289 g/mol. The van der Waals surface area contributed by atoms with Gasteiger partial charge in [0.25, 0.3) is 0 Å². The van der Waals surface area contributed by atoms with Gasteiger partial charge in [0, 0.05) is 24.7 Å². The van der Waals surface area contributed by atoms with Crippen LogP contribution in [0.4, 0.5) is 0 Å². The highest BCUT2D eigenvalue weighted by Gasteiger charge is 2.26. The van der Waals surface area contributed by atoms with Crippen molar-refractivity contribution in [3.8, 4) is 10.7 Å². The van der Waals surface area contributed by atoms with Crippen molar-refractivity contribution in [1.82, 2.24) is 25.4 Å². The van der Waals surface area contributed by atoms with Gasteiger partial charge in [0.15, 0.2) is 0 Å². The number of rotatable bonds is 3. The Kier molecular flexibility index (Phi) is 3.38. The zero-order valence-electron chi connectivity index (χ0n) is 10.4. The van der Waals surface area contributed by atoms with E-state index in [1.54, 1.807) is 12.3 Å². The normalized spacial score (nSPS) is 15.3. The molecule has 7 nitrogen and oxygen atoms in total. The standard InChI is InChI=1S/C12H11N5O2S/c18-10-12(19)17(5-3-13-10)7-8-1-2-9(16-15-8)11-14-4-6-20-11/h1-2,4,6H,3,5,7H2,(H,13,18). The zero-order valence-corrected chi connectivity index (χ0v) is 11.3. The summed E-state index contributed by atoms with van der Waals surface area (Å²) in [5.41, 5.74) is 1.35. The number of carbonyl (C=O) groups excluding carboxylic acids is 2. The maximum Gasteiger partial charge on any atom is 0.312 e. The third-order valence-electron chi connectivity index (χ3n) is 2.87. The van der Waals surface area contributed by atoms with Crippen molar-refractivity contribution in [3.63, 3.8) is 0 Å². The molecule has 0 unspecified atom stereocenters. The van der Waals surface area contributed by atoms with Crippen molar-refractivity contribution in [2.24, 2.45) is 0 Å². The van der Waals surface area contributed by atoms with E-state index >= 15 is 0 Å². The Labute approximate surface area is 118 Å². The summed E-state index contributed by atoms with van der Waals surface area (Å²) in [6.07, 6.45) is 1.71. The third-order valence-corrected chi connectivity index (χ3v) is 3.67. The van der Waals surface area contributed by atoms with Crippen LogP contribution in [0.25, 0.3) is 10.7 Å². The van der Waals surface area contributed by atoms with E-state index in [-0.39, 0.29) is 6.54 Å². The van der Waals surface area contributed by atoms with E-state index in [4.69, 9.17) is 0 Å². The molecule has 2 amide bonds. The Morgan fingerprint density at radius 3 is 2.90 bits per heavy atom. The van der Waals surface area contributed by atoms with Crippen LogP contribution >= 0.6 is 11.3 Å². The second-order valence-corrected chi connectivity index (χ2v) is 5.12. The molecule has 1 N–H and O–H groups in total. The van der Waals surface area contributed by atoms with Crippen molar-refractivity contribution < 1.29 is 9.59 Å². The van der Waals surface area contributed by atoms with Gasteiger partial charge in [-0.15, -0.1) is 16.4 Å². The lowest BCUT2D eigenvalue weighted by molar-refractivity contribution is -0.148. The Morgan fingerprint density at radius 2 is 2.20 bits per heavy atom. The van der Waals surface area contributed by atoms with Crippen molar-refractivity contribution in [2.45, 2.75) is 6.54 Å². The van der Waals surface area contributed by atoms with Gasteiger partial charge in [0.2, 0.25) is 0 Å². The Balaban J connectivity index is 1.72. The molecule has 0 atom stereocenters. The quantitative estimate of drug-likeness (QED) is 0.807. The maximum atomic E-state index is 11.6. The molecule has 3 heterocycles. The lowest BCUT2D eigenvalue weighted by atomic mass is 10.3. The second-order valence-electron chi connectivity index (χ2n) is 4.23. The highest BCUT2D eigenvalue weighted by molar-refractivity contribution is 7.13. The van der Waals surface area contributed by atoms with Crippen LogP contribution in [-0.4, -0.2) is 45.0 Å². The fourth-order valence-electron chi connectivity index (χ4n) is 1.88. The van der Waals surface area contributed by atoms with Gasteiger partial charge in [-0.3, -0.25) is 9.59 Å². The molecule has 102 valence electrons. The molecule has 20 heavy (non-hydrogen) atoms. The molecule has 0 aliphatic carbocycles. The van der Waals surface area contributed by atoms with Gasteiger partial charge in [0.05, 0.1) is 12.2 Å². The van der Waals surface area contributed by atoms with Crippen LogP contribution in [0.5, 0.6) is 0 Å². The number of thiazole rings is 1. The van der Waals surface area contributed by atoms with Crippen molar-refractivity contribution >= 4 is 23.2 Å². The summed E-state index contributed by atoms with van der Waals surface area (Å²) >= 11 is 1.49. The average molecular weight is 289 g/mol. The van der Waals surface area contributed by atoms with E-state index < -0.39 is 11.8 Å². The minimum atomic E-state index is -0.566. The van der Waals surface area contributed by atoms with E-state index in [0.29, 0.717) is 24.5 Å². The SMILES string of the molecule is O=C1NCCN(Cc2ccc(-c3nccs3)nn2)C1=O. The van der Waals surface area contributed by atoms with Crippen LogP contribution in [0.1, 0.15) is 5.69 Å². The summed E-state index contributed by atoms with van der Waals surface area (Å²) in [5, 5.41) is 13.3. The molecule has 1 saturated heterocycles. The van der Waals surface area contributed by atoms with Gasteiger partial charge in [-0.1, -0.05) is 0 Å². The lowest BCUT2D eigenvalue weighted by Crippen LogP contribution is -2.51. The van der Waals surface area contributed by atoms with Gasteiger partial charge in [-0.05, 0) is 12.1 Å². The summed E-state index contributed by atoms with van der Waals surface area (Å²) in [4.78, 5) is 28.5. The first-order valence-corrected chi connectivity index (χ1v) is 6.91. The Bertz CT molecular complexity index is 626. The first-order chi connectivity index (χ1) is 9.74. The molecule has 1 fully saturated rings. The average Bonchev–Trinajstić information content (AvgIpc) is 2.99. The van der Waals surface area contributed by atoms with E-state index in [2.05, 4.69) is 20.5 Å². The maximum absolute atomic E-state index is 11.6. The molecule has 0 bridgehead atoms. The van der Waals surface area contributed by atoms with E-state index in [1.807, 2.05) is 11.4 Å². The fourth-order valence-corrected chi connectivity index (χ4v) is 2.48. The molecular formula is C12H11N5O2S. The predicted molar refractivity (Wildman–Crippen MR) is 71.6 cm³/mol. The van der Waals surface area contributed by atoms with E-state index in [0.717, 1.165) is 5.01 Å². The number of carbonyl (C=O) groups is 2. The number of nitrogens with zero attached hydrogens (tertiary/aromatic N) is 4. The number of hydrogen-bond acceptors (Lipinski definition) is 6. The summed E-state index contributed by atoms with van der Waals surface area (Å²) in [6, 6.07) is 3.61. The highest BCUT2D eigenvalue weighted by Crippen LogP contribution is 2.18. The molecular weight excluding hydrogens is 278 g/mol. The molecule has 0 spiro atoms. The zero-order chi connectivity index (χ0) is 13.9. The third kappa shape index (κ3) is 2.50. The lowest BCUT2D eigenvalue weighted by Gasteiger charge is -2.25. The molecule has 2 aromatic rings.